The molecule has 0 spiro atoms. The van der Waals surface area contributed by atoms with Crippen LogP contribution in [0.4, 0.5) is 5.69 Å². The van der Waals surface area contributed by atoms with Gasteiger partial charge in [0.1, 0.15) is 0 Å². The zero-order valence-corrected chi connectivity index (χ0v) is 10.00. The summed E-state index contributed by atoms with van der Waals surface area (Å²) in [5.74, 6) is -0.176. The molecule has 4 heteroatoms. The Hall–Kier alpha value is -2.49. The summed E-state index contributed by atoms with van der Waals surface area (Å²) >= 11 is 0. The third-order valence-electron chi connectivity index (χ3n) is 2.28. The van der Waals surface area contributed by atoms with E-state index in [0.717, 1.165) is 16.9 Å². The van der Waals surface area contributed by atoms with E-state index in [-0.39, 0.29) is 5.91 Å². The molecule has 2 aromatic rings. The van der Waals surface area contributed by atoms with E-state index < -0.39 is 0 Å². The van der Waals surface area contributed by atoms with E-state index in [2.05, 4.69) is 15.3 Å². The number of pyridine rings is 2. The highest BCUT2D eigenvalue weighted by Gasteiger charge is 1.98. The highest BCUT2D eigenvalue weighted by molar-refractivity contribution is 6.01. The van der Waals surface area contributed by atoms with Gasteiger partial charge in [-0.15, -0.1) is 0 Å². The van der Waals surface area contributed by atoms with Gasteiger partial charge in [-0.05, 0) is 36.8 Å². The van der Waals surface area contributed by atoms with Gasteiger partial charge in [0.15, 0.2) is 0 Å². The molecule has 0 fully saturated rings. The van der Waals surface area contributed by atoms with Crippen LogP contribution >= 0.6 is 0 Å². The van der Waals surface area contributed by atoms with Crippen LogP contribution < -0.4 is 5.32 Å². The molecule has 4 nitrogen and oxygen atoms in total. The molecule has 0 aliphatic heterocycles. The first-order chi connectivity index (χ1) is 8.74. The Morgan fingerprint density at radius 3 is 2.94 bits per heavy atom. The quantitative estimate of drug-likeness (QED) is 0.837. The molecule has 0 unspecified atom stereocenters. The smallest absolute Gasteiger partial charge is 0.248 e. The van der Waals surface area contributed by atoms with Crippen LogP contribution in [0.15, 0.2) is 48.9 Å². The fourth-order valence-electron chi connectivity index (χ4n) is 1.45. The third kappa shape index (κ3) is 3.52. The van der Waals surface area contributed by atoms with E-state index in [1.807, 2.05) is 25.1 Å². The molecule has 0 radical (unpaired) electrons. The molecule has 0 bridgehead atoms. The highest BCUT2D eigenvalue weighted by Crippen LogP contribution is 2.07. The monoisotopic (exact) mass is 239 g/mol. The molecule has 0 aliphatic rings. The standard InChI is InChI=1S/C14H13N3O/c1-11-9-13(6-8-16-11)17-14(18)5-4-12-3-2-7-15-10-12/h2-10H,1H3,(H,16,17,18)/b5-4-. The van der Waals surface area contributed by atoms with E-state index in [4.69, 9.17) is 0 Å². The number of aromatic nitrogens is 2. The van der Waals surface area contributed by atoms with Crippen LogP contribution in [0.5, 0.6) is 0 Å². The normalized spacial score (nSPS) is 10.5. The number of carbonyl (C=O) groups is 1. The van der Waals surface area contributed by atoms with Crippen molar-refractivity contribution in [3.8, 4) is 0 Å². The SMILES string of the molecule is Cc1cc(NC(=O)/C=C\c2cccnc2)ccn1. The first-order valence-corrected chi connectivity index (χ1v) is 5.56. The number of hydrogen-bond acceptors (Lipinski definition) is 3. The minimum absolute atomic E-state index is 0.176. The fourth-order valence-corrected chi connectivity index (χ4v) is 1.45. The van der Waals surface area contributed by atoms with Crippen molar-refractivity contribution in [2.24, 2.45) is 0 Å². The van der Waals surface area contributed by atoms with Crippen molar-refractivity contribution < 1.29 is 4.79 Å². The molecule has 18 heavy (non-hydrogen) atoms. The minimum Gasteiger partial charge on any atom is -0.322 e. The number of rotatable bonds is 3. The van der Waals surface area contributed by atoms with Gasteiger partial charge in [-0.1, -0.05) is 6.07 Å². The first-order valence-electron chi connectivity index (χ1n) is 5.56. The van der Waals surface area contributed by atoms with Crippen LogP contribution in [0.1, 0.15) is 11.3 Å². The Kier molecular flexibility index (Phi) is 3.81. The van der Waals surface area contributed by atoms with Crippen molar-refractivity contribution >= 4 is 17.7 Å². The molecule has 1 N–H and O–H groups in total. The van der Waals surface area contributed by atoms with Crippen molar-refractivity contribution in [3.05, 3.63) is 60.2 Å². The van der Waals surface area contributed by atoms with Crippen molar-refractivity contribution in [3.63, 3.8) is 0 Å². The van der Waals surface area contributed by atoms with Crippen molar-refractivity contribution in [1.82, 2.24) is 9.97 Å². The second-order valence-electron chi connectivity index (χ2n) is 3.79. The fraction of sp³-hybridized carbons (Fsp3) is 0.0714. The number of amides is 1. The lowest BCUT2D eigenvalue weighted by Gasteiger charge is -2.02. The molecule has 2 aromatic heterocycles. The Morgan fingerprint density at radius 1 is 1.33 bits per heavy atom. The topological polar surface area (TPSA) is 54.9 Å². The van der Waals surface area contributed by atoms with Crippen LogP contribution in [0, 0.1) is 6.92 Å². The maximum Gasteiger partial charge on any atom is 0.248 e. The van der Waals surface area contributed by atoms with Crippen LogP contribution in [-0.4, -0.2) is 15.9 Å². The summed E-state index contributed by atoms with van der Waals surface area (Å²) < 4.78 is 0. The Morgan fingerprint density at radius 2 is 2.22 bits per heavy atom. The molecular weight excluding hydrogens is 226 g/mol. The van der Waals surface area contributed by atoms with Gasteiger partial charge in [-0.2, -0.15) is 0 Å². The average Bonchev–Trinajstić information content (AvgIpc) is 2.38. The van der Waals surface area contributed by atoms with Gasteiger partial charge in [-0.25, -0.2) is 0 Å². The lowest BCUT2D eigenvalue weighted by molar-refractivity contribution is -0.111. The molecule has 0 saturated carbocycles. The number of carbonyl (C=O) groups excluding carboxylic acids is 1. The lowest BCUT2D eigenvalue weighted by Crippen LogP contribution is -2.07. The average molecular weight is 239 g/mol. The summed E-state index contributed by atoms with van der Waals surface area (Å²) in [6, 6.07) is 7.27. The van der Waals surface area contributed by atoms with Gasteiger partial charge in [0, 0.05) is 36.0 Å². The zero-order chi connectivity index (χ0) is 12.8. The predicted octanol–water partition coefficient (Wildman–Crippen LogP) is 2.44. The van der Waals surface area contributed by atoms with E-state index in [1.165, 1.54) is 6.08 Å². The van der Waals surface area contributed by atoms with Crippen LogP contribution in [0.2, 0.25) is 0 Å². The molecule has 1 amide bonds. The summed E-state index contributed by atoms with van der Waals surface area (Å²) in [6.45, 7) is 1.88. The number of nitrogens with zero attached hydrogens (tertiary/aromatic N) is 2. The van der Waals surface area contributed by atoms with Crippen molar-refractivity contribution in [2.75, 3.05) is 5.32 Å². The lowest BCUT2D eigenvalue weighted by atomic mass is 10.2. The summed E-state index contributed by atoms with van der Waals surface area (Å²) in [4.78, 5) is 19.7. The van der Waals surface area contributed by atoms with Crippen LogP contribution in [0.25, 0.3) is 6.08 Å². The molecule has 0 aromatic carbocycles. The van der Waals surface area contributed by atoms with E-state index >= 15 is 0 Å². The first kappa shape index (κ1) is 12.0. The molecule has 0 saturated heterocycles. The molecule has 0 aliphatic carbocycles. The highest BCUT2D eigenvalue weighted by atomic mass is 16.1. The van der Waals surface area contributed by atoms with E-state index in [9.17, 15) is 4.79 Å². The number of aryl methyl sites for hydroxylation is 1. The van der Waals surface area contributed by atoms with Gasteiger partial charge in [0.05, 0.1) is 0 Å². The molecule has 90 valence electrons. The third-order valence-corrected chi connectivity index (χ3v) is 2.28. The van der Waals surface area contributed by atoms with Gasteiger partial charge >= 0.3 is 0 Å². The van der Waals surface area contributed by atoms with E-state index in [1.54, 1.807) is 30.7 Å². The van der Waals surface area contributed by atoms with Gasteiger partial charge in [-0.3, -0.25) is 14.8 Å². The predicted molar refractivity (Wildman–Crippen MR) is 70.9 cm³/mol. The largest absolute Gasteiger partial charge is 0.322 e. The Labute approximate surface area is 105 Å². The minimum atomic E-state index is -0.176. The summed E-state index contributed by atoms with van der Waals surface area (Å²) in [6.07, 6.45) is 8.25. The maximum atomic E-state index is 11.7. The molecule has 2 heterocycles. The summed E-state index contributed by atoms with van der Waals surface area (Å²) in [5.41, 5.74) is 2.49. The molecule has 2 rings (SSSR count). The van der Waals surface area contributed by atoms with Crippen LogP contribution in [0.3, 0.4) is 0 Å². The Balaban J connectivity index is 1.99. The van der Waals surface area contributed by atoms with Gasteiger partial charge in [0.2, 0.25) is 5.91 Å². The zero-order valence-electron chi connectivity index (χ0n) is 10.00. The second kappa shape index (κ2) is 5.72. The maximum absolute atomic E-state index is 11.7. The molecular formula is C14H13N3O. The second-order valence-corrected chi connectivity index (χ2v) is 3.79. The van der Waals surface area contributed by atoms with Crippen molar-refractivity contribution in [1.29, 1.82) is 0 Å². The number of hydrogen-bond donors (Lipinski definition) is 1. The van der Waals surface area contributed by atoms with Gasteiger partial charge < -0.3 is 5.32 Å². The number of anilines is 1. The van der Waals surface area contributed by atoms with Crippen LogP contribution in [-0.2, 0) is 4.79 Å². The van der Waals surface area contributed by atoms with E-state index in [0.29, 0.717) is 0 Å². The summed E-state index contributed by atoms with van der Waals surface area (Å²) in [5, 5.41) is 2.77. The van der Waals surface area contributed by atoms with Crippen molar-refractivity contribution in [2.45, 2.75) is 6.92 Å². The molecule has 0 atom stereocenters. The summed E-state index contributed by atoms with van der Waals surface area (Å²) in [7, 11) is 0. The number of nitrogens with one attached hydrogen (secondary N) is 1. The Bertz CT molecular complexity index is 564. The van der Waals surface area contributed by atoms with Gasteiger partial charge in [0.25, 0.3) is 0 Å².